The van der Waals surface area contributed by atoms with Gasteiger partial charge in [-0.15, -0.1) is 0 Å². The van der Waals surface area contributed by atoms with Crippen molar-refractivity contribution in [1.82, 2.24) is 0 Å². The highest BCUT2D eigenvalue weighted by Gasteiger charge is 2.19. The number of allylic oxidation sites excluding steroid dienone is 10. The van der Waals surface area contributed by atoms with E-state index in [1.807, 2.05) is 0 Å². The molecule has 328 valence electrons. The normalized spacial score (nSPS) is 12.5. The highest BCUT2D eigenvalue weighted by molar-refractivity contribution is 5.71. The van der Waals surface area contributed by atoms with Crippen molar-refractivity contribution in [1.29, 1.82) is 0 Å². The zero-order chi connectivity index (χ0) is 41.5. The average molecular weight is 797 g/mol. The van der Waals surface area contributed by atoms with Gasteiger partial charge in [0.25, 0.3) is 0 Å². The molecule has 0 aromatic rings. The number of hydrogen-bond acceptors (Lipinski definition) is 6. The van der Waals surface area contributed by atoms with Crippen molar-refractivity contribution in [3.8, 4) is 0 Å². The van der Waals surface area contributed by atoms with E-state index >= 15 is 0 Å². The molecule has 0 radical (unpaired) electrons. The molecule has 0 saturated carbocycles. The molecule has 0 aliphatic rings. The lowest BCUT2D eigenvalue weighted by atomic mass is 10.1. The minimum absolute atomic E-state index is 0.0896. The molecule has 0 aromatic carbocycles. The lowest BCUT2D eigenvalue weighted by Crippen LogP contribution is -2.30. The maximum Gasteiger partial charge on any atom is 0.306 e. The van der Waals surface area contributed by atoms with Gasteiger partial charge < -0.3 is 14.2 Å². The maximum absolute atomic E-state index is 12.7. The van der Waals surface area contributed by atoms with Crippen LogP contribution in [0.25, 0.3) is 0 Å². The first-order valence-corrected chi connectivity index (χ1v) is 23.8. The van der Waals surface area contributed by atoms with Crippen molar-refractivity contribution in [3.63, 3.8) is 0 Å². The largest absolute Gasteiger partial charge is 0.462 e. The average Bonchev–Trinajstić information content (AvgIpc) is 3.21. The second-order valence-electron chi connectivity index (χ2n) is 15.7. The quantitative estimate of drug-likeness (QED) is 0.0265. The molecule has 0 N–H and O–H groups in total. The summed E-state index contributed by atoms with van der Waals surface area (Å²) in [5.41, 5.74) is 0. The third kappa shape index (κ3) is 44.1. The predicted molar refractivity (Wildman–Crippen MR) is 242 cm³/mol. The molecule has 0 aliphatic heterocycles. The van der Waals surface area contributed by atoms with E-state index in [9.17, 15) is 14.4 Å². The summed E-state index contributed by atoms with van der Waals surface area (Å²) in [5, 5.41) is 0. The lowest BCUT2D eigenvalue weighted by Gasteiger charge is -2.18. The van der Waals surface area contributed by atoms with Crippen molar-refractivity contribution in [3.05, 3.63) is 60.8 Å². The molecule has 6 nitrogen and oxygen atoms in total. The second kappa shape index (κ2) is 45.8. The number of rotatable bonds is 42. The fourth-order valence-electron chi connectivity index (χ4n) is 6.31. The molecule has 0 saturated heterocycles. The standard InChI is InChI=1S/C51H88O6/c1-4-7-10-13-16-19-22-24-26-28-29-32-35-38-41-44-50(53)56-47-48(46-55-49(52)43-40-37-34-31-21-18-15-12-9-6-3)57-51(54)45-42-39-36-33-30-27-25-23-20-17-14-11-8-5-2/h12,14-17,19,23-26,48H,4-11,13,18,20-22,27-47H2,1-3H3/b15-12-,17-14-,19-16-,25-23-,26-24-. The minimum atomic E-state index is -0.788. The van der Waals surface area contributed by atoms with E-state index < -0.39 is 6.10 Å². The van der Waals surface area contributed by atoms with Crippen LogP contribution >= 0.6 is 0 Å². The van der Waals surface area contributed by atoms with Gasteiger partial charge >= 0.3 is 17.9 Å². The third-order valence-corrected chi connectivity index (χ3v) is 9.95. The summed E-state index contributed by atoms with van der Waals surface area (Å²) in [5.74, 6) is -0.930. The summed E-state index contributed by atoms with van der Waals surface area (Å²) >= 11 is 0. The van der Waals surface area contributed by atoms with Crippen molar-refractivity contribution in [2.75, 3.05) is 13.2 Å². The molecular formula is C51H88O6. The monoisotopic (exact) mass is 797 g/mol. The summed E-state index contributed by atoms with van der Waals surface area (Å²) in [7, 11) is 0. The highest BCUT2D eigenvalue weighted by Crippen LogP contribution is 2.13. The maximum atomic E-state index is 12.7. The number of esters is 3. The summed E-state index contributed by atoms with van der Waals surface area (Å²) < 4.78 is 16.7. The van der Waals surface area contributed by atoms with Gasteiger partial charge in [-0.05, 0) is 96.3 Å². The van der Waals surface area contributed by atoms with Crippen molar-refractivity contribution in [2.45, 2.75) is 232 Å². The Kier molecular flexibility index (Phi) is 43.5. The van der Waals surface area contributed by atoms with Gasteiger partial charge in [0.2, 0.25) is 0 Å². The van der Waals surface area contributed by atoms with Gasteiger partial charge in [-0.1, -0.05) is 171 Å². The van der Waals surface area contributed by atoms with Gasteiger partial charge in [0.05, 0.1) is 0 Å². The van der Waals surface area contributed by atoms with Crippen molar-refractivity contribution >= 4 is 17.9 Å². The van der Waals surface area contributed by atoms with Crippen molar-refractivity contribution < 1.29 is 28.6 Å². The van der Waals surface area contributed by atoms with Crippen molar-refractivity contribution in [2.24, 2.45) is 0 Å². The van der Waals surface area contributed by atoms with Crippen LogP contribution in [0.1, 0.15) is 226 Å². The molecule has 0 fully saturated rings. The molecule has 0 aliphatic carbocycles. The Bertz CT molecular complexity index is 1050. The predicted octanol–water partition coefficient (Wildman–Crippen LogP) is 15.3. The molecule has 0 heterocycles. The van der Waals surface area contributed by atoms with E-state index in [1.54, 1.807) is 0 Å². The van der Waals surface area contributed by atoms with Crippen LogP contribution in [0.4, 0.5) is 0 Å². The molecule has 0 aromatic heterocycles. The van der Waals surface area contributed by atoms with E-state index in [2.05, 4.69) is 81.5 Å². The number of unbranched alkanes of at least 4 members (excludes halogenated alkanes) is 21. The molecule has 57 heavy (non-hydrogen) atoms. The molecule has 1 unspecified atom stereocenters. The van der Waals surface area contributed by atoms with Crippen LogP contribution in [-0.2, 0) is 28.6 Å². The van der Waals surface area contributed by atoms with Gasteiger partial charge in [0, 0.05) is 19.3 Å². The highest BCUT2D eigenvalue weighted by atomic mass is 16.6. The molecule has 0 amide bonds. The topological polar surface area (TPSA) is 78.9 Å². The summed E-state index contributed by atoms with van der Waals surface area (Å²) in [6.07, 6.45) is 54.8. The number of carbonyl (C=O) groups is 3. The summed E-state index contributed by atoms with van der Waals surface area (Å²) in [6, 6.07) is 0. The Hall–Kier alpha value is -2.89. The van der Waals surface area contributed by atoms with Gasteiger partial charge in [0.15, 0.2) is 6.10 Å². The van der Waals surface area contributed by atoms with Crippen LogP contribution in [0.3, 0.4) is 0 Å². The van der Waals surface area contributed by atoms with Gasteiger partial charge in [-0.2, -0.15) is 0 Å². The Morgan fingerprint density at radius 3 is 1.11 bits per heavy atom. The second-order valence-corrected chi connectivity index (χ2v) is 15.7. The molecule has 0 spiro atoms. The van der Waals surface area contributed by atoms with Crippen LogP contribution in [0, 0.1) is 0 Å². The van der Waals surface area contributed by atoms with E-state index in [0.717, 1.165) is 116 Å². The van der Waals surface area contributed by atoms with E-state index in [-0.39, 0.29) is 31.1 Å². The summed E-state index contributed by atoms with van der Waals surface area (Å²) in [6.45, 7) is 6.47. The van der Waals surface area contributed by atoms with Crippen LogP contribution < -0.4 is 0 Å². The van der Waals surface area contributed by atoms with E-state index in [1.165, 1.54) is 70.6 Å². The molecule has 0 rings (SSSR count). The Morgan fingerprint density at radius 2 is 0.684 bits per heavy atom. The minimum Gasteiger partial charge on any atom is -0.462 e. The fraction of sp³-hybridized carbons (Fsp3) is 0.745. The van der Waals surface area contributed by atoms with Gasteiger partial charge in [0.1, 0.15) is 13.2 Å². The first kappa shape index (κ1) is 54.1. The third-order valence-electron chi connectivity index (χ3n) is 9.95. The van der Waals surface area contributed by atoms with E-state index in [4.69, 9.17) is 14.2 Å². The molecule has 6 heteroatoms. The summed E-state index contributed by atoms with van der Waals surface area (Å²) in [4.78, 5) is 37.8. The number of ether oxygens (including phenoxy) is 3. The van der Waals surface area contributed by atoms with Crippen LogP contribution in [0.15, 0.2) is 60.8 Å². The SMILES string of the molecule is CCC/C=C\CCCCCCCC(=O)OCC(COC(=O)CCCCCCC/C=C\C/C=C\CCCCC)OC(=O)CCCCCCC/C=C\C/C=C\CCCC. The zero-order valence-corrected chi connectivity index (χ0v) is 37.3. The first-order valence-electron chi connectivity index (χ1n) is 23.8. The van der Waals surface area contributed by atoms with E-state index in [0.29, 0.717) is 19.3 Å². The Balaban J connectivity index is 4.42. The molecular weight excluding hydrogens is 709 g/mol. The van der Waals surface area contributed by atoms with Crippen LogP contribution in [-0.4, -0.2) is 37.2 Å². The molecule has 0 bridgehead atoms. The number of hydrogen-bond donors (Lipinski definition) is 0. The smallest absolute Gasteiger partial charge is 0.306 e. The molecule has 1 atom stereocenters. The van der Waals surface area contributed by atoms with Gasteiger partial charge in [-0.3, -0.25) is 14.4 Å². The zero-order valence-electron chi connectivity index (χ0n) is 37.3. The Labute approximate surface area is 351 Å². The fourth-order valence-corrected chi connectivity index (χ4v) is 6.31. The van der Waals surface area contributed by atoms with Gasteiger partial charge in [-0.25, -0.2) is 0 Å². The van der Waals surface area contributed by atoms with Crippen LogP contribution in [0.5, 0.6) is 0 Å². The first-order chi connectivity index (χ1) is 28.0. The van der Waals surface area contributed by atoms with Crippen LogP contribution in [0.2, 0.25) is 0 Å². The lowest BCUT2D eigenvalue weighted by molar-refractivity contribution is -0.167. The number of carbonyl (C=O) groups excluding carboxylic acids is 3. The Morgan fingerprint density at radius 1 is 0.351 bits per heavy atom.